The third-order valence-corrected chi connectivity index (χ3v) is 5.29. The van der Waals surface area contributed by atoms with E-state index in [9.17, 15) is 0 Å². The fourth-order valence-corrected chi connectivity index (χ4v) is 3.58. The molecule has 2 aliphatic rings. The Hall–Kier alpha value is -0.0800. The molecule has 0 aromatic heterocycles. The van der Waals surface area contributed by atoms with Crippen molar-refractivity contribution in [3.05, 3.63) is 0 Å². The van der Waals surface area contributed by atoms with Crippen molar-refractivity contribution in [2.24, 2.45) is 11.8 Å². The lowest BCUT2D eigenvalue weighted by Gasteiger charge is -2.37. The Morgan fingerprint density at radius 2 is 1.94 bits per heavy atom. The van der Waals surface area contributed by atoms with Gasteiger partial charge in [-0.2, -0.15) is 0 Å². The molecule has 1 aliphatic heterocycles. The van der Waals surface area contributed by atoms with Gasteiger partial charge in [0.15, 0.2) is 0 Å². The fraction of sp³-hybridized carbons (Fsp3) is 1.00. The van der Waals surface area contributed by atoms with E-state index in [1.54, 1.807) is 0 Å². The van der Waals surface area contributed by atoms with Crippen LogP contribution >= 0.6 is 0 Å². The molecule has 0 aromatic rings. The van der Waals surface area contributed by atoms with Crippen molar-refractivity contribution >= 4 is 0 Å². The minimum absolute atomic E-state index is 0.719. The van der Waals surface area contributed by atoms with Crippen LogP contribution in [0.25, 0.3) is 0 Å². The first kappa shape index (κ1) is 14.3. The van der Waals surface area contributed by atoms with Gasteiger partial charge in [-0.25, -0.2) is 0 Å². The van der Waals surface area contributed by atoms with Crippen molar-refractivity contribution in [3.8, 4) is 0 Å². The third kappa shape index (κ3) is 3.71. The molecular formula is C16H32N2. The van der Waals surface area contributed by atoms with Crippen LogP contribution in [0.1, 0.15) is 59.3 Å². The second kappa shape index (κ2) is 6.91. The van der Waals surface area contributed by atoms with Crippen LogP contribution in [0.4, 0.5) is 0 Å². The molecule has 0 bridgehead atoms. The predicted octanol–water partition coefficient (Wildman–Crippen LogP) is 3.28. The van der Waals surface area contributed by atoms with E-state index in [0.29, 0.717) is 0 Å². The lowest BCUT2D eigenvalue weighted by Crippen LogP contribution is -2.46. The summed E-state index contributed by atoms with van der Waals surface area (Å²) < 4.78 is 0. The van der Waals surface area contributed by atoms with E-state index in [2.05, 4.69) is 31.0 Å². The molecule has 18 heavy (non-hydrogen) atoms. The first-order chi connectivity index (χ1) is 8.70. The lowest BCUT2D eigenvalue weighted by molar-refractivity contribution is 0.129. The second-order valence-electron chi connectivity index (χ2n) is 6.71. The number of nitrogens with one attached hydrogen (secondary N) is 1. The van der Waals surface area contributed by atoms with Gasteiger partial charge < -0.3 is 5.32 Å². The Morgan fingerprint density at radius 3 is 2.61 bits per heavy atom. The zero-order chi connectivity index (χ0) is 13.0. The molecule has 2 heteroatoms. The number of hydrogen-bond acceptors (Lipinski definition) is 2. The Labute approximate surface area is 114 Å². The summed E-state index contributed by atoms with van der Waals surface area (Å²) in [5.74, 6) is 1.78. The highest BCUT2D eigenvalue weighted by Crippen LogP contribution is 2.28. The molecule has 2 nitrogen and oxygen atoms in total. The van der Waals surface area contributed by atoms with Crippen LogP contribution in [0.2, 0.25) is 0 Å². The van der Waals surface area contributed by atoms with Gasteiger partial charge in [-0.05, 0) is 57.0 Å². The largest absolute Gasteiger partial charge is 0.312 e. The molecule has 2 unspecified atom stereocenters. The molecule has 1 N–H and O–H groups in total. The SMILES string of the molecule is CCC(C)C1CN(C2CCC(C)CC2)CCCN1. The van der Waals surface area contributed by atoms with Crippen LogP contribution in [0.15, 0.2) is 0 Å². The molecule has 0 amide bonds. The first-order valence-corrected chi connectivity index (χ1v) is 8.18. The highest BCUT2D eigenvalue weighted by atomic mass is 15.2. The molecule has 1 heterocycles. The molecule has 0 radical (unpaired) electrons. The summed E-state index contributed by atoms with van der Waals surface area (Å²) >= 11 is 0. The van der Waals surface area contributed by atoms with Gasteiger partial charge in [0.1, 0.15) is 0 Å². The van der Waals surface area contributed by atoms with E-state index in [-0.39, 0.29) is 0 Å². The summed E-state index contributed by atoms with van der Waals surface area (Å²) in [7, 11) is 0. The Bertz CT molecular complexity index is 233. The van der Waals surface area contributed by atoms with Gasteiger partial charge in [0.05, 0.1) is 0 Å². The van der Waals surface area contributed by atoms with Crippen molar-refractivity contribution < 1.29 is 0 Å². The molecular weight excluding hydrogens is 220 g/mol. The van der Waals surface area contributed by atoms with E-state index >= 15 is 0 Å². The molecule has 2 atom stereocenters. The first-order valence-electron chi connectivity index (χ1n) is 8.18. The minimum atomic E-state index is 0.719. The lowest BCUT2D eigenvalue weighted by atomic mass is 9.86. The molecule has 2 fully saturated rings. The monoisotopic (exact) mass is 252 g/mol. The van der Waals surface area contributed by atoms with Crippen LogP contribution in [-0.4, -0.2) is 36.6 Å². The molecule has 1 saturated carbocycles. The molecule has 106 valence electrons. The molecule has 0 aromatic carbocycles. The van der Waals surface area contributed by atoms with Crippen molar-refractivity contribution in [1.82, 2.24) is 10.2 Å². The summed E-state index contributed by atoms with van der Waals surface area (Å²) in [6.07, 6.45) is 8.40. The minimum Gasteiger partial charge on any atom is -0.312 e. The Morgan fingerprint density at radius 1 is 1.22 bits per heavy atom. The van der Waals surface area contributed by atoms with E-state index in [1.807, 2.05) is 0 Å². The highest BCUT2D eigenvalue weighted by molar-refractivity contribution is 4.85. The maximum atomic E-state index is 3.77. The number of hydrogen-bond donors (Lipinski definition) is 1. The van der Waals surface area contributed by atoms with Gasteiger partial charge >= 0.3 is 0 Å². The van der Waals surface area contributed by atoms with Crippen LogP contribution in [0.3, 0.4) is 0 Å². The van der Waals surface area contributed by atoms with Crippen molar-refractivity contribution in [1.29, 1.82) is 0 Å². The van der Waals surface area contributed by atoms with Crippen LogP contribution in [-0.2, 0) is 0 Å². The summed E-state index contributed by atoms with van der Waals surface area (Å²) in [5, 5.41) is 3.77. The van der Waals surface area contributed by atoms with Crippen LogP contribution < -0.4 is 5.32 Å². The normalized spacial score (nSPS) is 37.2. The van der Waals surface area contributed by atoms with Crippen LogP contribution in [0, 0.1) is 11.8 Å². The molecule has 2 rings (SSSR count). The third-order valence-electron chi connectivity index (χ3n) is 5.29. The maximum Gasteiger partial charge on any atom is 0.0220 e. The van der Waals surface area contributed by atoms with Gasteiger partial charge in [-0.3, -0.25) is 4.90 Å². The van der Waals surface area contributed by atoms with Crippen molar-refractivity contribution in [2.75, 3.05) is 19.6 Å². The maximum absolute atomic E-state index is 3.77. The Balaban J connectivity index is 1.90. The van der Waals surface area contributed by atoms with Gasteiger partial charge in [0.2, 0.25) is 0 Å². The van der Waals surface area contributed by atoms with E-state index in [4.69, 9.17) is 0 Å². The summed E-state index contributed by atoms with van der Waals surface area (Å²) in [5.41, 5.74) is 0. The van der Waals surface area contributed by atoms with Crippen LogP contribution in [0.5, 0.6) is 0 Å². The van der Waals surface area contributed by atoms with E-state index in [0.717, 1.165) is 23.9 Å². The number of rotatable bonds is 3. The number of nitrogens with zero attached hydrogens (tertiary/aromatic N) is 1. The average molecular weight is 252 g/mol. The standard InChI is InChI=1S/C16H32N2/c1-4-14(3)16-12-18(11-5-10-17-16)15-8-6-13(2)7-9-15/h13-17H,4-12H2,1-3H3. The molecule has 0 spiro atoms. The van der Waals surface area contributed by atoms with E-state index < -0.39 is 0 Å². The van der Waals surface area contributed by atoms with Gasteiger partial charge in [0.25, 0.3) is 0 Å². The fourth-order valence-electron chi connectivity index (χ4n) is 3.58. The second-order valence-corrected chi connectivity index (χ2v) is 6.71. The zero-order valence-corrected chi connectivity index (χ0v) is 12.6. The molecule has 1 saturated heterocycles. The summed E-state index contributed by atoms with van der Waals surface area (Å²) in [4.78, 5) is 2.81. The highest BCUT2D eigenvalue weighted by Gasteiger charge is 2.28. The average Bonchev–Trinajstić information content (AvgIpc) is 2.64. The quantitative estimate of drug-likeness (QED) is 0.829. The Kier molecular flexibility index (Phi) is 5.50. The summed E-state index contributed by atoms with van der Waals surface area (Å²) in [6, 6.07) is 1.60. The van der Waals surface area contributed by atoms with Crippen molar-refractivity contribution in [2.45, 2.75) is 71.4 Å². The predicted molar refractivity (Wildman–Crippen MR) is 78.9 cm³/mol. The van der Waals surface area contributed by atoms with Gasteiger partial charge in [0, 0.05) is 18.6 Å². The zero-order valence-electron chi connectivity index (χ0n) is 12.6. The summed E-state index contributed by atoms with van der Waals surface area (Å²) in [6.45, 7) is 11.0. The van der Waals surface area contributed by atoms with E-state index in [1.165, 1.54) is 58.2 Å². The van der Waals surface area contributed by atoms with Crippen molar-refractivity contribution in [3.63, 3.8) is 0 Å². The van der Waals surface area contributed by atoms with Gasteiger partial charge in [-0.15, -0.1) is 0 Å². The molecule has 1 aliphatic carbocycles. The topological polar surface area (TPSA) is 15.3 Å². The smallest absolute Gasteiger partial charge is 0.0220 e. The van der Waals surface area contributed by atoms with Gasteiger partial charge in [-0.1, -0.05) is 27.2 Å².